The van der Waals surface area contributed by atoms with Gasteiger partial charge in [0.2, 0.25) is 0 Å². The number of furan rings is 1. The second-order valence-corrected chi connectivity index (χ2v) is 4.77. The molecule has 1 N–H and O–H groups in total. The van der Waals surface area contributed by atoms with Gasteiger partial charge in [0.15, 0.2) is 0 Å². The molecule has 0 aliphatic carbocycles. The van der Waals surface area contributed by atoms with Crippen LogP contribution in [0.4, 0.5) is 0 Å². The zero-order valence-electron chi connectivity index (χ0n) is 10.9. The Balaban J connectivity index is 2.07. The third-order valence-electron chi connectivity index (χ3n) is 3.30. The van der Waals surface area contributed by atoms with Gasteiger partial charge in [0.1, 0.15) is 17.4 Å². The molecule has 3 rings (SSSR count). The quantitative estimate of drug-likeness (QED) is 0.760. The maximum absolute atomic E-state index is 10.4. The van der Waals surface area contributed by atoms with Crippen LogP contribution in [0, 0.1) is 13.8 Å². The van der Waals surface area contributed by atoms with E-state index in [9.17, 15) is 5.11 Å². The van der Waals surface area contributed by atoms with Crippen molar-refractivity contribution >= 4 is 11.0 Å². The number of hydrogen-bond donors (Lipinski definition) is 1. The number of aliphatic hydroxyl groups excluding tert-OH is 1. The number of nitrogens with zero attached hydrogens (tertiary/aromatic N) is 1. The van der Waals surface area contributed by atoms with E-state index in [4.69, 9.17) is 4.42 Å². The van der Waals surface area contributed by atoms with Crippen molar-refractivity contribution in [1.82, 2.24) is 4.98 Å². The zero-order valence-corrected chi connectivity index (χ0v) is 10.9. The van der Waals surface area contributed by atoms with Crippen LogP contribution in [0.15, 0.2) is 47.0 Å². The van der Waals surface area contributed by atoms with Crippen molar-refractivity contribution in [3.8, 4) is 0 Å². The Morgan fingerprint density at radius 1 is 1.16 bits per heavy atom. The monoisotopic (exact) mass is 253 g/mol. The molecule has 19 heavy (non-hydrogen) atoms. The number of pyridine rings is 1. The number of aromatic nitrogens is 1. The molecular formula is C16H15NO2. The summed E-state index contributed by atoms with van der Waals surface area (Å²) in [6.07, 6.45) is 0.939. The van der Waals surface area contributed by atoms with Crippen LogP contribution >= 0.6 is 0 Å². The Bertz CT molecular complexity index is 730. The first kappa shape index (κ1) is 11.9. The van der Waals surface area contributed by atoms with Gasteiger partial charge in [-0.2, -0.15) is 0 Å². The van der Waals surface area contributed by atoms with Crippen LogP contribution in [-0.4, -0.2) is 10.1 Å². The summed E-state index contributed by atoms with van der Waals surface area (Å²) < 4.78 is 5.72. The fraction of sp³-hybridized carbons (Fsp3) is 0.188. The predicted molar refractivity (Wildman–Crippen MR) is 74.0 cm³/mol. The molecule has 96 valence electrons. The molecule has 0 aliphatic heterocycles. The third kappa shape index (κ3) is 2.13. The van der Waals surface area contributed by atoms with Gasteiger partial charge >= 0.3 is 0 Å². The highest BCUT2D eigenvalue weighted by molar-refractivity contribution is 5.78. The second-order valence-electron chi connectivity index (χ2n) is 4.77. The van der Waals surface area contributed by atoms with Gasteiger partial charge in [0, 0.05) is 22.8 Å². The lowest BCUT2D eigenvalue weighted by Crippen LogP contribution is -2.01. The van der Waals surface area contributed by atoms with Gasteiger partial charge in [-0.05, 0) is 38.1 Å². The highest BCUT2D eigenvalue weighted by Crippen LogP contribution is 2.29. The highest BCUT2D eigenvalue weighted by Gasteiger charge is 2.17. The lowest BCUT2D eigenvalue weighted by atomic mass is 10.1. The average Bonchev–Trinajstić information content (AvgIpc) is 2.81. The molecule has 3 aromatic rings. The van der Waals surface area contributed by atoms with Crippen LogP contribution in [0.1, 0.15) is 28.7 Å². The molecule has 0 saturated heterocycles. The normalized spacial score (nSPS) is 12.8. The first-order chi connectivity index (χ1) is 9.15. The number of rotatable bonds is 2. The molecule has 2 heterocycles. The van der Waals surface area contributed by atoms with Crippen LogP contribution in [-0.2, 0) is 0 Å². The number of aryl methyl sites for hydroxylation is 2. The van der Waals surface area contributed by atoms with Crippen molar-refractivity contribution in [2.24, 2.45) is 0 Å². The van der Waals surface area contributed by atoms with Crippen LogP contribution in [0.2, 0.25) is 0 Å². The fourth-order valence-corrected chi connectivity index (χ4v) is 2.26. The summed E-state index contributed by atoms with van der Waals surface area (Å²) in [4.78, 5) is 4.19. The lowest BCUT2D eigenvalue weighted by Gasteiger charge is -2.09. The van der Waals surface area contributed by atoms with E-state index in [0.717, 1.165) is 22.2 Å². The van der Waals surface area contributed by atoms with E-state index in [0.29, 0.717) is 5.76 Å². The molecule has 0 amide bonds. The van der Waals surface area contributed by atoms with Gasteiger partial charge in [-0.3, -0.25) is 4.98 Å². The molecule has 0 saturated carbocycles. The molecule has 1 unspecified atom stereocenters. The minimum Gasteiger partial charge on any atom is -0.458 e. The second kappa shape index (κ2) is 4.52. The fourth-order valence-electron chi connectivity index (χ4n) is 2.26. The molecule has 1 aromatic carbocycles. The first-order valence-corrected chi connectivity index (χ1v) is 6.25. The first-order valence-electron chi connectivity index (χ1n) is 6.25. The predicted octanol–water partition coefficient (Wildman–Crippen LogP) is 3.53. The summed E-state index contributed by atoms with van der Waals surface area (Å²) in [5.74, 6) is 0.553. The molecule has 0 spiro atoms. The van der Waals surface area contributed by atoms with Crippen LogP contribution in [0.5, 0.6) is 0 Å². The molecule has 0 bridgehead atoms. The number of benzene rings is 1. The average molecular weight is 253 g/mol. The summed E-state index contributed by atoms with van der Waals surface area (Å²) in [5.41, 5.74) is 3.55. The van der Waals surface area contributed by atoms with Crippen molar-refractivity contribution < 1.29 is 9.52 Å². The van der Waals surface area contributed by atoms with E-state index < -0.39 is 6.10 Å². The Hall–Kier alpha value is -2.13. The van der Waals surface area contributed by atoms with Crippen LogP contribution < -0.4 is 0 Å². The zero-order chi connectivity index (χ0) is 13.4. The van der Waals surface area contributed by atoms with Crippen molar-refractivity contribution in [3.63, 3.8) is 0 Å². The SMILES string of the molecule is Cc1ccc2oc(C(O)c3cccnc3C)cc2c1. The van der Waals surface area contributed by atoms with Crippen molar-refractivity contribution in [2.45, 2.75) is 20.0 Å². The number of fused-ring (bicyclic) bond motifs is 1. The Morgan fingerprint density at radius 3 is 2.79 bits per heavy atom. The van der Waals surface area contributed by atoms with E-state index in [1.165, 1.54) is 5.56 Å². The van der Waals surface area contributed by atoms with Crippen molar-refractivity contribution in [2.75, 3.05) is 0 Å². The summed E-state index contributed by atoms with van der Waals surface area (Å²) in [6.45, 7) is 3.92. The molecular weight excluding hydrogens is 238 g/mol. The van der Waals surface area contributed by atoms with Crippen molar-refractivity contribution in [3.05, 3.63) is 65.2 Å². The molecule has 0 radical (unpaired) electrons. The topological polar surface area (TPSA) is 46.3 Å². The molecule has 2 aromatic heterocycles. The molecule has 3 heteroatoms. The third-order valence-corrected chi connectivity index (χ3v) is 3.30. The van der Waals surface area contributed by atoms with Crippen LogP contribution in [0.3, 0.4) is 0 Å². The van der Waals surface area contributed by atoms with Gasteiger partial charge < -0.3 is 9.52 Å². The van der Waals surface area contributed by atoms with E-state index in [-0.39, 0.29) is 0 Å². The molecule has 3 nitrogen and oxygen atoms in total. The maximum atomic E-state index is 10.4. The summed E-state index contributed by atoms with van der Waals surface area (Å²) in [5, 5.41) is 11.4. The van der Waals surface area contributed by atoms with Crippen LogP contribution in [0.25, 0.3) is 11.0 Å². The van der Waals surface area contributed by atoms with E-state index in [2.05, 4.69) is 4.98 Å². The minimum atomic E-state index is -0.776. The van der Waals surface area contributed by atoms with E-state index >= 15 is 0 Å². The van der Waals surface area contributed by atoms with Gasteiger partial charge in [0.25, 0.3) is 0 Å². The summed E-state index contributed by atoms with van der Waals surface area (Å²) >= 11 is 0. The maximum Gasteiger partial charge on any atom is 0.138 e. The number of aliphatic hydroxyl groups is 1. The largest absolute Gasteiger partial charge is 0.458 e. The summed E-state index contributed by atoms with van der Waals surface area (Å²) in [7, 11) is 0. The van der Waals surface area contributed by atoms with E-state index in [1.807, 2.05) is 50.2 Å². The smallest absolute Gasteiger partial charge is 0.138 e. The Morgan fingerprint density at radius 2 is 2.00 bits per heavy atom. The lowest BCUT2D eigenvalue weighted by molar-refractivity contribution is 0.191. The Kier molecular flexibility index (Phi) is 2.84. The molecule has 1 atom stereocenters. The van der Waals surface area contributed by atoms with Gasteiger partial charge in [-0.1, -0.05) is 17.7 Å². The molecule has 0 aliphatic rings. The van der Waals surface area contributed by atoms with Gasteiger partial charge in [-0.25, -0.2) is 0 Å². The minimum absolute atomic E-state index is 0.553. The van der Waals surface area contributed by atoms with Crippen molar-refractivity contribution in [1.29, 1.82) is 0 Å². The van der Waals surface area contributed by atoms with Gasteiger partial charge in [-0.15, -0.1) is 0 Å². The van der Waals surface area contributed by atoms with E-state index in [1.54, 1.807) is 6.20 Å². The summed E-state index contributed by atoms with van der Waals surface area (Å²) in [6, 6.07) is 11.5. The number of hydrogen-bond acceptors (Lipinski definition) is 3. The highest BCUT2D eigenvalue weighted by atomic mass is 16.4. The Labute approximate surface area is 111 Å². The van der Waals surface area contributed by atoms with Gasteiger partial charge in [0.05, 0.1) is 0 Å². The standard InChI is InChI=1S/C16H15NO2/c1-10-5-6-14-12(8-10)9-15(19-14)16(18)13-4-3-7-17-11(13)2/h3-9,16,18H,1-2H3. The molecule has 0 fully saturated rings.